The van der Waals surface area contributed by atoms with Gasteiger partial charge in [-0.2, -0.15) is 4.98 Å². The number of aliphatic hydroxyl groups is 2. The van der Waals surface area contributed by atoms with E-state index < -0.39 is 59.9 Å². The molecule has 1 saturated heterocycles. The van der Waals surface area contributed by atoms with Crippen LogP contribution in [0.25, 0.3) is 0 Å². The minimum atomic E-state index is -1.90. The van der Waals surface area contributed by atoms with E-state index in [4.69, 9.17) is 19.9 Å². The Kier molecular flexibility index (Phi) is 7.99. The first kappa shape index (κ1) is 25.7. The lowest BCUT2D eigenvalue weighted by Gasteiger charge is -2.34. The predicted molar refractivity (Wildman–Crippen MR) is 112 cm³/mol. The molecular formula is C20H32N4O8. The largest absolute Gasteiger partial charge is 0.454 e. The molecule has 0 saturated carbocycles. The van der Waals surface area contributed by atoms with Crippen LogP contribution in [0.3, 0.4) is 0 Å². The number of anilines is 1. The third kappa shape index (κ3) is 5.82. The Morgan fingerprint density at radius 3 is 2.69 bits per heavy atom. The predicted octanol–water partition coefficient (Wildman–Crippen LogP) is -1.06. The number of aliphatic hydroxyl groups excluding tert-OH is 1. The molecule has 1 fully saturated rings. The molecule has 12 heteroatoms. The van der Waals surface area contributed by atoms with E-state index in [-0.39, 0.29) is 12.4 Å². The number of nitrogens with one attached hydrogen (secondary N) is 1. The van der Waals surface area contributed by atoms with Crippen LogP contribution >= 0.6 is 0 Å². The Balaban J connectivity index is 2.31. The van der Waals surface area contributed by atoms with Gasteiger partial charge < -0.3 is 35.5 Å². The van der Waals surface area contributed by atoms with Crippen LogP contribution in [-0.2, 0) is 23.8 Å². The first-order chi connectivity index (χ1) is 14.8. The van der Waals surface area contributed by atoms with Crippen LogP contribution in [0.1, 0.15) is 40.8 Å². The minimum absolute atomic E-state index is 0.00864. The third-order valence-electron chi connectivity index (χ3n) is 5.00. The summed E-state index contributed by atoms with van der Waals surface area (Å²) in [4.78, 5) is 39.6. The smallest absolute Gasteiger partial charge is 0.351 e. The molecule has 5 N–H and O–H groups in total. The van der Waals surface area contributed by atoms with Crippen molar-refractivity contribution in [2.45, 2.75) is 70.4 Å². The summed E-state index contributed by atoms with van der Waals surface area (Å²) in [5.41, 5.74) is 2.12. The number of rotatable bonds is 9. The highest BCUT2D eigenvalue weighted by Gasteiger charge is 2.56. The zero-order chi connectivity index (χ0) is 24.3. The molecule has 2 heterocycles. The Labute approximate surface area is 185 Å². The maximum atomic E-state index is 13.1. The van der Waals surface area contributed by atoms with Crippen molar-refractivity contribution in [1.29, 1.82) is 0 Å². The summed E-state index contributed by atoms with van der Waals surface area (Å²) in [6.45, 7) is 7.86. The fourth-order valence-corrected chi connectivity index (χ4v) is 3.49. The Bertz CT molecular complexity index is 866. The zero-order valence-corrected chi connectivity index (χ0v) is 18.8. The molecule has 180 valence electrons. The normalized spacial score (nSPS) is 27.5. The first-order valence-corrected chi connectivity index (χ1v) is 10.2. The van der Waals surface area contributed by atoms with Gasteiger partial charge in [0.05, 0.1) is 12.2 Å². The fourth-order valence-electron chi connectivity index (χ4n) is 3.49. The Morgan fingerprint density at radius 2 is 2.16 bits per heavy atom. The molecule has 6 unspecified atom stereocenters. The summed E-state index contributed by atoms with van der Waals surface area (Å²) in [6, 6.07) is 1.35. The molecule has 0 radical (unpaired) electrons. The maximum absolute atomic E-state index is 13.1. The number of esters is 1. The van der Waals surface area contributed by atoms with Crippen LogP contribution in [0, 0.1) is 5.92 Å². The van der Waals surface area contributed by atoms with Crippen LogP contribution in [0.5, 0.6) is 0 Å². The summed E-state index contributed by atoms with van der Waals surface area (Å²) < 4.78 is 18.1. The average molecular weight is 456 g/mol. The van der Waals surface area contributed by atoms with Crippen molar-refractivity contribution in [1.82, 2.24) is 14.9 Å². The number of carbonyl (C=O) groups excluding carboxylic acids is 2. The number of amides is 1. The van der Waals surface area contributed by atoms with Gasteiger partial charge in [-0.15, -0.1) is 0 Å². The standard InChI is InChI=1S/C20H32N4O8/c1-11(8-22-10-26)14(32-19(2,3)4)16(27)31-15-12(9-25)30-17(20(15,5)29)24-7-6-13(21)23-18(24)28/h6-7,10-12,14-15,17,25,29H,8-9H2,1-5H3,(H,22,26)(H2,21,23,28). The highest BCUT2D eigenvalue weighted by Crippen LogP contribution is 2.39. The van der Waals surface area contributed by atoms with E-state index in [0.717, 1.165) is 4.57 Å². The molecule has 1 aromatic rings. The van der Waals surface area contributed by atoms with E-state index in [1.54, 1.807) is 27.7 Å². The summed E-state index contributed by atoms with van der Waals surface area (Å²) in [7, 11) is 0. The molecule has 6 atom stereocenters. The number of nitrogen functional groups attached to an aromatic ring is 1. The molecular weight excluding hydrogens is 424 g/mol. The lowest BCUT2D eigenvalue weighted by molar-refractivity contribution is -0.188. The molecule has 1 aliphatic rings. The SMILES string of the molecule is CC(CNC=O)C(OC(C)(C)C)C(=O)OC1C(CO)OC(n2ccc(N)nc2=O)C1(C)O. The van der Waals surface area contributed by atoms with Gasteiger partial charge in [0.1, 0.15) is 17.5 Å². The van der Waals surface area contributed by atoms with Gasteiger partial charge in [0.2, 0.25) is 6.41 Å². The van der Waals surface area contributed by atoms with Gasteiger partial charge >= 0.3 is 11.7 Å². The molecule has 0 aromatic carbocycles. The highest BCUT2D eigenvalue weighted by molar-refractivity contribution is 5.75. The van der Waals surface area contributed by atoms with Gasteiger partial charge in [-0.3, -0.25) is 9.36 Å². The molecule has 32 heavy (non-hydrogen) atoms. The second kappa shape index (κ2) is 9.94. The van der Waals surface area contributed by atoms with Crippen molar-refractivity contribution in [3.05, 3.63) is 22.7 Å². The van der Waals surface area contributed by atoms with Crippen molar-refractivity contribution < 1.29 is 34.0 Å². The minimum Gasteiger partial charge on any atom is -0.454 e. The van der Waals surface area contributed by atoms with E-state index in [0.29, 0.717) is 6.41 Å². The summed E-state index contributed by atoms with van der Waals surface area (Å²) in [5, 5.41) is 23.5. The maximum Gasteiger partial charge on any atom is 0.351 e. The van der Waals surface area contributed by atoms with Gasteiger partial charge in [-0.05, 0) is 33.8 Å². The Hall–Kier alpha value is -2.54. The van der Waals surface area contributed by atoms with E-state index >= 15 is 0 Å². The number of nitrogens with zero attached hydrogens (tertiary/aromatic N) is 2. The van der Waals surface area contributed by atoms with Gasteiger partial charge in [-0.1, -0.05) is 6.92 Å². The van der Waals surface area contributed by atoms with Gasteiger partial charge in [0, 0.05) is 18.7 Å². The van der Waals surface area contributed by atoms with Gasteiger partial charge in [0.15, 0.2) is 18.4 Å². The van der Waals surface area contributed by atoms with Crippen molar-refractivity contribution in [3.8, 4) is 0 Å². The third-order valence-corrected chi connectivity index (χ3v) is 5.00. The van der Waals surface area contributed by atoms with Crippen molar-refractivity contribution in [2.24, 2.45) is 5.92 Å². The molecule has 0 bridgehead atoms. The summed E-state index contributed by atoms with van der Waals surface area (Å²) in [5.74, 6) is -1.28. The molecule has 0 aliphatic carbocycles. The number of carbonyl (C=O) groups is 2. The van der Waals surface area contributed by atoms with Crippen molar-refractivity contribution in [3.63, 3.8) is 0 Å². The van der Waals surface area contributed by atoms with Crippen LogP contribution in [0.2, 0.25) is 0 Å². The zero-order valence-electron chi connectivity index (χ0n) is 18.8. The van der Waals surface area contributed by atoms with Gasteiger partial charge in [0.25, 0.3) is 0 Å². The van der Waals surface area contributed by atoms with E-state index in [1.807, 2.05) is 0 Å². The first-order valence-electron chi connectivity index (χ1n) is 10.2. The lowest BCUT2D eigenvalue weighted by atomic mass is 9.95. The average Bonchev–Trinajstić information content (AvgIpc) is 2.93. The van der Waals surface area contributed by atoms with E-state index in [9.17, 15) is 24.6 Å². The monoisotopic (exact) mass is 456 g/mol. The Morgan fingerprint density at radius 1 is 1.50 bits per heavy atom. The molecule has 0 spiro atoms. The highest BCUT2D eigenvalue weighted by atomic mass is 16.6. The molecule has 2 rings (SSSR count). The lowest BCUT2D eigenvalue weighted by Crippen LogP contribution is -2.51. The summed E-state index contributed by atoms with van der Waals surface area (Å²) in [6.07, 6.45) is -3.03. The number of aromatic nitrogens is 2. The van der Waals surface area contributed by atoms with Gasteiger partial charge in [-0.25, -0.2) is 9.59 Å². The molecule has 1 aliphatic heterocycles. The number of hydrogen-bond acceptors (Lipinski definition) is 10. The van der Waals surface area contributed by atoms with Crippen LogP contribution < -0.4 is 16.7 Å². The van der Waals surface area contributed by atoms with Crippen LogP contribution in [0.4, 0.5) is 5.82 Å². The van der Waals surface area contributed by atoms with E-state index in [2.05, 4.69) is 10.3 Å². The van der Waals surface area contributed by atoms with Crippen molar-refractivity contribution in [2.75, 3.05) is 18.9 Å². The van der Waals surface area contributed by atoms with Crippen LogP contribution in [-0.4, -0.2) is 74.8 Å². The van der Waals surface area contributed by atoms with Crippen molar-refractivity contribution >= 4 is 18.2 Å². The quantitative estimate of drug-likeness (QED) is 0.265. The number of ether oxygens (including phenoxy) is 3. The second-order valence-electron chi connectivity index (χ2n) is 8.99. The number of nitrogens with two attached hydrogens (primary N) is 1. The van der Waals surface area contributed by atoms with Crippen LogP contribution in [0.15, 0.2) is 17.1 Å². The fraction of sp³-hybridized carbons (Fsp3) is 0.700. The van der Waals surface area contributed by atoms with E-state index in [1.165, 1.54) is 19.2 Å². The second-order valence-corrected chi connectivity index (χ2v) is 8.99. The molecule has 1 aromatic heterocycles. The topological polar surface area (TPSA) is 175 Å². The summed E-state index contributed by atoms with van der Waals surface area (Å²) >= 11 is 0. The molecule has 12 nitrogen and oxygen atoms in total. The number of hydrogen-bond donors (Lipinski definition) is 4. The molecule has 1 amide bonds.